The fraction of sp³-hybridized carbons (Fsp3) is 0.375. The summed E-state index contributed by atoms with van der Waals surface area (Å²) >= 11 is 0. The minimum Gasteiger partial charge on any atom is -0.466 e. The van der Waals surface area contributed by atoms with Crippen molar-refractivity contribution in [1.29, 1.82) is 0 Å². The first-order valence-electron chi connectivity index (χ1n) is 6.97. The Morgan fingerprint density at radius 3 is 2.30 bits per heavy atom. The molecule has 0 spiro atoms. The van der Waals surface area contributed by atoms with E-state index >= 15 is 0 Å². The van der Waals surface area contributed by atoms with Crippen molar-refractivity contribution in [1.82, 2.24) is 0 Å². The van der Waals surface area contributed by atoms with E-state index in [0.29, 0.717) is 5.56 Å². The molecule has 0 saturated carbocycles. The quantitative estimate of drug-likeness (QED) is 0.330. The van der Waals surface area contributed by atoms with Crippen molar-refractivity contribution in [3.05, 3.63) is 57.7 Å². The van der Waals surface area contributed by atoms with E-state index in [2.05, 4.69) is 11.3 Å². The minimum absolute atomic E-state index is 0.00546. The van der Waals surface area contributed by atoms with Gasteiger partial charge >= 0.3 is 18.0 Å². The molecule has 1 aromatic rings. The van der Waals surface area contributed by atoms with Gasteiger partial charge in [0.15, 0.2) is 0 Å². The van der Waals surface area contributed by atoms with Gasteiger partial charge in [0, 0.05) is 10.5 Å². The van der Waals surface area contributed by atoms with Crippen LogP contribution in [0.5, 0.6) is 0 Å². The molecule has 124 valence electrons. The SMILES string of the molecule is C=C(C(=O)OC)C(c1ccc(C)cc1)C(C(=O)OCC)[N+](=O)[O-]. The summed E-state index contributed by atoms with van der Waals surface area (Å²) in [6.45, 7) is 6.98. The van der Waals surface area contributed by atoms with Crippen LogP contribution in [-0.2, 0) is 19.1 Å². The smallest absolute Gasteiger partial charge is 0.382 e. The maximum atomic E-state index is 12.0. The zero-order chi connectivity index (χ0) is 17.6. The number of nitro groups is 1. The molecule has 0 heterocycles. The number of nitrogens with zero attached hydrogens (tertiary/aromatic N) is 1. The molecule has 0 amide bonds. The molecule has 1 aromatic carbocycles. The lowest BCUT2D eigenvalue weighted by molar-refractivity contribution is -0.513. The maximum Gasteiger partial charge on any atom is 0.382 e. The summed E-state index contributed by atoms with van der Waals surface area (Å²) in [7, 11) is 1.14. The Morgan fingerprint density at radius 2 is 1.87 bits per heavy atom. The molecule has 7 heteroatoms. The Bertz CT molecular complexity index is 608. The fourth-order valence-electron chi connectivity index (χ4n) is 2.18. The third-order valence-electron chi connectivity index (χ3n) is 3.33. The molecule has 0 saturated heterocycles. The van der Waals surface area contributed by atoms with Crippen LogP contribution in [0.2, 0.25) is 0 Å². The Morgan fingerprint density at radius 1 is 1.30 bits per heavy atom. The molecule has 7 nitrogen and oxygen atoms in total. The van der Waals surface area contributed by atoms with Crippen molar-refractivity contribution >= 4 is 11.9 Å². The highest BCUT2D eigenvalue weighted by Gasteiger charge is 2.44. The monoisotopic (exact) mass is 321 g/mol. The van der Waals surface area contributed by atoms with Gasteiger partial charge in [0.2, 0.25) is 0 Å². The van der Waals surface area contributed by atoms with Crippen molar-refractivity contribution < 1.29 is 24.0 Å². The molecule has 0 aliphatic carbocycles. The van der Waals surface area contributed by atoms with Crippen molar-refractivity contribution in [2.45, 2.75) is 25.8 Å². The molecule has 0 aliphatic heterocycles. The Hall–Kier alpha value is -2.70. The number of rotatable bonds is 7. The number of methoxy groups -OCH3 is 1. The Labute approximate surface area is 134 Å². The second-order valence-corrected chi connectivity index (χ2v) is 4.89. The summed E-state index contributed by atoms with van der Waals surface area (Å²) in [5, 5.41) is 11.4. The lowest BCUT2D eigenvalue weighted by Crippen LogP contribution is -2.39. The van der Waals surface area contributed by atoms with E-state index in [1.54, 1.807) is 31.2 Å². The zero-order valence-corrected chi connectivity index (χ0v) is 13.3. The highest BCUT2D eigenvalue weighted by atomic mass is 16.6. The van der Waals surface area contributed by atoms with Crippen molar-refractivity contribution in [2.24, 2.45) is 0 Å². The first-order valence-corrected chi connectivity index (χ1v) is 6.97. The maximum absolute atomic E-state index is 12.0. The highest BCUT2D eigenvalue weighted by Crippen LogP contribution is 2.30. The van der Waals surface area contributed by atoms with Gasteiger partial charge in [-0.15, -0.1) is 0 Å². The number of hydrogen-bond acceptors (Lipinski definition) is 6. The number of hydrogen-bond donors (Lipinski definition) is 0. The molecule has 0 radical (unpaired) electrons. The fourth-order valence-corrected chi connectivity index (χ4v) is 2.18. The molecular weight excluding hydrogens is 302 g/mol. The van der Waals surface area contributed by atoms with Crippen molar-refractivity contribution in [3.63, 3.8) is 0 Å². The normalized spacial score (nSPS) is 12.8. The van der Waals surface area contributed by atoms with E-state index in [9.17, 15) is 19.7 Å². The molecular formula is C16H19NO6. The summed E-state index contributed by atoms with van der Waals surface area (Å²) in [6.07, 6.45) is 0. The molecule has 2 unspecified atom stereocenters. The van der Waals surface area contributed by atoms with Gasteiger partial charge in [0.25, 0.3) is 0 Å². The number of benzene rings is 1. The van der Waals surface area contributed by atoms with E-state index < -0.39 is 28.8 Å². The molecule has 1 rings (SSSR count). The van der Waals surface area contributed by atoms with Crippen LogP contribution in [0.15, 0.2) is 36.4 Å². The van der Waals surface area contributed by atoms with E-state index in [1.165, 1.54) is 0 Å². The zero-order valence-electron chi connectivity index (χ0n) is 13.3. The summed E-state index contributed by atoms with van der Waals surface area (Å²) in [5.74, 6) is -3.00. The lowest BCUT2D eigenvalue weighted by Gasteiger charge is -2.21. The van der Waals surface area contributed by atoms with Crippen molar-refractivity contribution in [3.8, 4) is 0 Å². The van der Waals surface area contributed by atoms with Crippen LogP contribution in [-0.4, -0.2) is 36.6 Å². The molecule has 0 fully saturated rings. The standard InChI is InChI=1S/C16H19NO6/c1-5-23-16(19)14(17(20)21)13(11(3)15(18)22-4)12-8-6-10(2)7-9-12/h6-9,13-14H,3,5H2,1-2,4H3. The number of carbonyl (C=O) groups excluding carboxylic acids is 2. The number of carbonyl (C=O) groups is 2. The predicted octanol–water partition coefficient (Wildman–Crippen LogP) is 2.02. The third-order valence-corrected chi connectivity index (χ3v) is 3.33. The van der Waals surface area contributed by atoms with Gasteiger partial charge in [-0.3, -0.25) is 10.1 Å². The largest absolute Gasteiger partial charge is 0.466 e. The van der Waals surface area contributed by atoms with Crippen LogP contribution in [0.1, 0.15) is 24.0 Å². The molecule has 0 bridgehead atoms. The summed E-state index contributed by atoms with van der Waals surface area (Å²) in [6, 6.07) is 4.92. The second-order valence-electron chi connectivity index (χ2n) is 4.89. The average molecular weight is 321 g/mol. The predicted molar refractivity (Wildman–Crippen MR) is 82.5 cm³/mol. The van der Waals surface area contributed by atoms with Crippen LogP contribution in [0, 0.1) is 17.0 Å². The Kier molecular flexibility index (Phi) is 6.44. The van der Waals surface area contributed by atoms with Gasteiger partial charge in [-0.1, -0.05) is 36.4 Å². The van der Waals surface area contributed by atoms with Gasteiger partial charge in [0.1, 0.15) is 0 Å². The molecule has 0 aromatic heterocycles. The van der Waals surface area contributed by atoms with Crippen LogP contribution < -0.4 is 0 Å². The highest BCUT2D eigenvalue weighted by molar-refractivity contribution is 5.91. The first kappa shape index (κ1) is 18.3. The number of ether oxygens (including phenoxy) is 2. The van der Waals surface area contributed by atoms with Gasteiger partial charge in [-0.2, -0.15) is 0 Å². The van der Waals surface area contributed by atoms with E-state index in [1.807, 2.05) is 6.92 Å². The van der Waals surface area contributed by atoms with Crippen LogP contribution >= 0.6 is 0 Å². The minimum atomic E-state index is -1.77. The summed E-state index contributed by atoms with van der Waals surface area (Å²) < 4.78 is 9.38. The van der Waals surface area contributed by atoms with E-state index in [-0.39, 0.29) is 12.2 Å². The van der Waals surface area contributed by atoms with Crippen LogP contribution in [0.4, 0.5) is 0 Å². The summed E-state index contributed by atoms with van der Waals surface area (Å²) in [5.41, 5.74) is 1.18. The molecule has 23 heavy (non-hydrogen) atoms. The average Bonchev–Trinajstić information content (AvgIpc) is 2.51. The molecule has 0 aliphatic rings. The Balaban J connectivity index is 3.38. The number of esters is 2. The van der Waals surface area contributed by atoms with E-state index in [0.717, 1.165) is 12.7 Å². The van der Waals surface area contributed by atoms with Gasteiger partial charge in [-0.25, -0.2) is 9.59 Å². The first-order chi connectivity index (χ1) is 10.8. The van der Waals surface area contributed by atoms with E-state index in [4.69, 9.17) is 4.74 Å². The lowest BCUT2D eigenvalue weighted by atomic mass is 9.85. The summed E-state index contributed by atoms with van der Waals surface area (Å²) in [4.78, 5) is 34.5. The van der Waals surface area contributed by atoms with Gasteiger partial charge < -0.3 is 9.47 Å². The van der Waals surface area contributed by atoms with Crippen molar-refractivity contribution in [2.75, 3.05) is 13.7 Å². The second kappa shape index (κ2) is 8.07. The van der Waals surface area contributed by atoms with Gasteiger partial charge in [-0.05, 0) is 19.4 Å². The third kappa shape index (κ3) is 4.38. The van der Waals surface area contributed by atoms with Crippen LogP contribution in [0.25, 0.3) is 0 Å². The van der Waals surface area contributed by atoms with Gasteiger partial charge in [0.05, 0.1) is 19.6 Å². The molecule has 2 atom stereocenters. The van der Waals surface area contributed by atoms with Crippen LogP contribution in [0.3, 0.4) is 0 Å². The number of aryl methyl sites for hydroxylation is 1. The molecule has 0 N–H and O–H groups in total. The topological polar surface area (TPSA) is 95.7 Å².